The van der Waals surface area contributed by atoms with Gasteiger partial charge in [0.25, 0.3) is 0 Å². The fourth-order valence-electron chi connectivity index (χ4n) is 7.39. The van der Waals surface area contributed by atoms with Crippen LogP contribution in [0.25, 0.3) is 32.3 Å². The number of hydrogen-bond acceptors (Lipinski definition) is 6. The number of hydrogen-bond donors (Lipinski definition) is 0. The van der Waals surface area contributed by atoms with E-state index in [1.807, 2.05) is 49.6 Å². The molecule has 0 aliphatic heterocycles. The Hall–Kier alpha value is -5.88. The molecule has 8 aromatic rings. The highest BCUT2D eigenvalue weighted by atomic mass is 15.2. The van der Waals surface area contributed by atoms with Gasteiger partial charge in [0, 0.05) is 83.1 Å². The number of pyridine rings is 4. The van der Waals surface area contributed by atoms with Crippen LogP contribution in [0.15, 0.2) is 135 Å². The molecule has 6 nitrogen and oxygen atoms in total. The molecule has 0 saturated carbocycles. The van der Waals surface area contributed by atoms with Crippen molar-refractivity contribution in [2.24, 2.45) is 0 Å². The first-order valence-corrected chi connectivity index (χ1v) is 17.1. The Morgan fingerprint density at radius 3 is 0.880 bits per heavy atom. The van der Waals surface area contributed by atoms with Gasteiger partial charge in [0.1, 0.15) is 0 Å². The van der Waals surface area contributed by atoms with Gasteiger partial charge in [-0.05, 0) is 104 Å². The molecule has 50 heavy (non-hydrogen) atoms. The first-order chi connectivity index (χ1) is 24.1. The second-order valence-electron chi connectivity index (χ2n) is 15.0. The second-order valence-corrected chi connectivity index (χ2v) is 15.0. The van der Waals surface area contributed by atoms with E-state index in [1.54, 1.807) is 0 Å². The minimum absolute atomic E-state index is 0.130. The Morgan fingerprint density at radius 2 is 0.620 bits per heavy atom. The van der Waals surface area contributed by atoms with Crippen LogP contribution in [-0.4, -0.2) is 19.9 Å². The highest BCUT2D eigenvalue weighted by molar-refractivity contribution is 6.29. The summed E-state index contributed by atoms with van der Waals surface area (Å²) in [6.07, 6.45) is 14.9. The van der Waals surface area contributed by atoms with Crippen LogP contribution in [0.2, 0.25) is 0 Å². The number of rotatable bonds is 6. The number of aromatic nitrogens is 4. The third-order valence-electron chi connectivity index (χ3n) is 9.64. The molecule has 0 spiro atoms. The Kier molecular flexibility index (Phi) is 7.48. The molecule has 0 radical (unpaired) electrons. The summed E-state index contributed by atoms with van der Waals surface area (Å²) in [5.41, 5.74) is 8.74. The maximum absolute atomic E-state index is 4.36. The lowest BCUT2D eigenvalue weighted by Crippen LogP contribution is -2.17. The van der Waals surface area contributed by atoms with Gasteiger partial charge in [-0.1, -0.05) is 65.8 Å². The topological polar surface area (TPSA) is 58.0 Å². The molecule has 4 aromatic carbocycles. The van der Waals surface area contributed by atoms with Crippen molar-refractivity contribution < 1.29 is 0 Å². The van der Waals surface area contributed by atoms with E-state index >= 15 is 0 Å². The van der Waals surface area contributed by atoms with Crippen LogP contribution in [0.4, 0.5) is 34.1 Å². The number of anilines is 6. The van der Waals surface area contributed by atoms with E-state index < -0.39 is 0 Å². The van der Waals surface area contributed by atoms with E-state index in [1.165, 1.54) is 43.4 Å². The molecule has 0 fully saturated rings. The SMILES string of the molecule is CC(C)(C)c1cc(N(c2ccncc2)c2ccncc2)c2ccc3c(C(C)(C)C)cc(N(c4ccncc4)c4ccncc4)c4ccc1c2c43. The summed E-state index contributed by atoms with van der Waals surface area (Å²) in [4.78, 5) is 22.1. The molecule has 0 bridgehead atoms. The van der Waals surface area contributed by atoms with Crippen molar-refractivity contribution in [3.05, 3.63) is 146 Å². The van der Waals surface area contributed by atoms with Gasteiger partial charge >= 0.3 is 0 Å². The van der Waals surface area contributed by atoms with E-state index in [0.29, 0.717) is 0 Å². The fourth-order valence-corrected chi connectivity index (χ4v) is 7.39. The predicted octanol–water partition coefficient (Wildman–Crippen LogP) is 11.7. The molecular weight excluding hydrogens is 613 g/mol. The zero-order valence-electron chi connectivity index (χ0n) is 29.4. The van der Waals surface area contributed by atoms with E-state index in [4.69, 9.17) is 0 Å². The van der Waals surface area contributed by atoms with Gasteiger partial charge < -0.3 is 9.80 Å². The maximum atomic E-state index is 4.36. The maximum Gasteiger partial charge on any atom is 0.0543 e. The molecule has 6 heteroatoms. The Balaban J connectivity index is 1.56. The number of benzene rings is 4. The second kappa shape index (κ2) is 11.9. The quantitative estimate of drug-likeness (QED) is 0.167. The van der Waals surface area contributed by atoms with Crippen molar-refractivity contribution in [1.82, 2.24) is 19.9 Å². The van der Waals surface area contributed by atoms with Crippen molar-refractivity contribution in [2.45, 2.75) is 52.4 Å². The molecule has 0 amide bonds. The molecule has 0 atom stereocenters. The lowest BCUT2D eigenvalue weighted by molar-refractivity contribution is 0.595. The highest BCUT2D eigenvalue weighted by Crippen LogP contribution is 2.51. The third kappa shape index (κ3) is 5.28. The van der Waals surface area contributed by atoms with Gasteiger partial charge in [-0.2, -0.15) is 0 Å². The fraction of sp³-hybridized carbons (Fsp3) is 0.182. The van der Waals surface area contributed by atoms with Crippen molar-refractivity contribution in [3.8, 4) is 0 Å². The Bertz CT molecular complexity index is 2180. The van der Waals surface area contributed by atoms with E-state index in [-0.39, 0.29) is 10.8 Å². The normalized spacial score (nSPS) is 12.2. The minimum atomic E-state index is -0.130. The average molecular weight is 653 g/mol. The van der Waals surface area contributed by atoms with Gasteiger partial charge in [-0.15, -0.1) is 0 Å². The number of nitrogens with zero attached hydrogens (tertiary/aromatic N) is 6. The molecule has 8 rings (SSSR count). The van der Waals surface area contributed by atoms with Crippen molar-refractivity contribution in [2.75, 3.05) is 9.80 Å². The molecule has 4 heterocycles. The van der Waals surface area contributed by atoms with Gasteiger partial charge in [0.2, 0.25) is 0 Å². The first-order valence-electron chi connectivity index (χ1n) is 17.1. The van der Waals surface area contributed by atoms with Gasteiger partial charge in [-0.3, -0.25) is 19.9 Å². The molecule has 4 aromatic heterocycles. The zero-order chi connectivity index (χ0) is 34.6. The minimum Gasteiger partial charge on any atom is -0.310 e. The summed E-state index contributed by atoms with van der Waals surface area (Å²) in [5.74, 6) is 0. The summed E-state index contributed by atoms with van der Waals surface area (Å²) >= 11 is 0. The average Bonchev–Trinajstić information content (AvgIpc) is 3.12. The van der Waals surface area contributed by atoms with Gasteiger partial charge in [-0.25, -0.2) is 0 Å². The first kappa shape index (κ1) is 31.4. The summed E-state index contributed by atoms with van der Waals surface area (Å²) in [6, 6.07) is 30.8. The molecule has 0 aliphatic carbocycles. The summed E-state index contributed by atoms with van der Waals surface area (Å²) in [5, 5.41) is 7.47. The van der Waals surface area contributed by atoms with E-state index in [9.17, 15) is 0 Å². The van der Waals surface area contributed by atoms with E-state index in [0.717, 1.165) is 34.1 Å². The van der Waals surface area contributed by atoms with E-state index in [2.05, 4.69) is 156 Å². The standard InChI is InChI=1S/C44H40N6/c1-43(2,3)37-27-39(49(29-11-19-45-20-12-29)30-13-21-46-22-14-30)35-10-8-34-38(44(4,5)6)28-40(36-9-7-33(37)41(35)42(34)36)50(31-15-23-47-24-16-31)32-17-25-48-26-18-32/h7-28H,1-6H3. The van der Waals surface area contributed by atoms with Crippen LogP contribution in [0.3, 0.4) is 0 Å². The highest BCUT2D eigenvalue weighted by Gasteiger charge is 2.29. The van der Waals surface area contributed by atoms with Crippen molar-refractivity contribution >= 4 is 66.4 Å². The largest absolute Gasteiger partial charge is 0.310 e. The van der Waals surface area contributed by atoms with Crippen LogP contribution >= 0.6 is 0 Å². The Morgan fingerprint density at radius 1 is 0.360 bits per heavy atom. The summed E-state index contributed by atoms with van der Waals surface area (Å²) in [6.45, 7) is 13.9. The summed E-state index contributed by atoms with van der Waals surface area (Å²) in [7, 11) is 0. The molecule has 0 N–H and O–H groups in total. The smallest absolute Gasteiger partial charge is 0.0543 e. The van der Waals surface area contributed by atoms with Gasteiger partial charge in [0.05, 0.1) is 11.4 Å². The predicted molar refractivity (Wildman–Crippen MR) is 208 cm³/mol. The molecule has 246 valence electrons. The zero-order valence-corrected chi connectivity index (χ0v) is 29.4. The molecular formula is C44H40N6. The van der Waals surface area contributed by atoms with Crippen LogP contribution in [0, 0.1) is 0 Å². The van der Waals surface area contributed by atoms with Crippen LogP contribution in [0.1, 0.15) is 52.7 Å². The monoisotopic (exact) mass is 652 g/mol. The van der Waals surface area contributed by atoms with Crippen LogP contribution in [0.5, 0.6) is 0 Å². The Labute approximate surface area is 293 Å². The third-order valence-corrected chi connectivity index (χ3v) is 9.64. The van der Waals surface area contributed by atoms with Crippen molar-refractivity contribution in [1.29, 1.82) is 0 Å². The molecule has 0 aliphatic rings. The molecule has 0 saturated heterocycles. The summed E-state index contributed by atoms with van der Waals surface area (Å²) < 4.78 is 0. The van der Waals surface area contributed by atoms with Crippen molar-refractivity contribution in [3.63, 3.8) is 0 Å². The van der Waals surface area contributed by atoms with Crippen LogP contribution < -0.4 is 9.80 Å². The van der Waals surface area contributed by atoms with Gasteiger partial charge in [0.15, 0.2) is 0 Å². The van der Waals surface area contributed by atoms with Crippen LogP contribution in [-0.2, 0) is 10.8 Å². The lowest BCUT2D eigenvalue weighted by atomic mass is 9.77. The molecule has 0 unspecified atom stereocenters. The lowest BCUT2D eigenvalue weighted by Gasteiger charge is -2.33.